The van der Waals surface area contributed by atoms with Crippen LogP contribution in [0.3, 0.4) is 0 Å². The van der Waals surface area contributed by atoms with Crippen LogP contribution in [0.15, 0.2) is 24.5 Å². The molecule has 0 saturated heterocycles. The highest BCUT2D eigenvalue weighted by molar-refractivity contribution is 7.99. The molecule has 1 unspecified atom stereocenters. The summed E-state index contributed by atoms with van der Waals surface area (Å²) in [4.78, 5) is 27.1. The Balaban J connectivity index is 2.23. The quantitative estimate of drug-likeness (QED) is 0.766. The molecule has 0 aliphatic heterocycles. The van der Waals surface area contributed by atoms with Crippen molar-refractivity contribution in [2.24, 2.45) is 0 Å². The highest BCUT2D eigenvalue weighted by atomic mass is 32.2. The van der Waals surface area contributed by atoms with Crippen LogP contribution in [0.2, 0.25) is 0 Å². The smallest absolute Gasteiger partial charge is 0.252 e. The predicted octanol–water partition coefficient (Wildman–Crippen LogP) is 1.91. The Hall–Kier alpha value is -1.36. The first-order chi connectivity index (χ1) is 8.65. The van der Waals surface area contributed by atoms with Gasteiger partial charge in [0.1, 0.15) is 5.78 Å². The number of hydrogen-bond donors (Lipinski definition) is 1. The topological polar surface area (TPSA) is 59.1 Å². The molecule has 1 amide bonds. The Labute approximate surface area is 112 Å². The molecule has 1 atom stereocenters. The standard InChI is InChI=1S/C13H18N2O2S/c1-10(18-2)12(16)6-4-8-15-13(17)11-5-3-7-14-9-11/h3,5,7,9-10H,4,6,8H2,1-2H3,(H,15,17). The van der Waals surface area contributed by atoms with E-state index in [1.807, 2.05) is 13.2 Å². The van der Waals surface area contributed by atoms with Crippen LogP contribution in [0.4, 0.5) is 0 Å². The molecular formula is C13H18N2O2S. The number of carbonyl (C=O) groups is 2. The van der Waals surface area contributed by atoms with Crippen LogP contribution in [-0.2, 0) is 4.79 Å². The second-order valence-corrected chi connectivity index (χ2v) is 5.12. The van der Waals surface area contributed by atoms with Gasteiger partial charge in [-0.3, -0.25) is 14.6 Å². The van der Waals surface area contributed by atoms with E-state index in [9.17, 15) is 9.59 Å². The van der Waals surface area contributed by atoms with Gasteiger partial charge in [-0.25, -0.2) is 0 Å². The highest BCUT2D eigenvalue weighted by Crippen LogP contribution is 2.09. The minimum atomic E-state index is -0.145. The second kappa shape index (κ2) is 7.87. The van der Waals surface area contributed by atoms with Crippen LogP contribution in [0.25, 0.3) is 0 Å². The van der Waals surface area contributed by atoms with Gasteiger partial charge < -0.3 is 5.32 Å². The number of Topliss-reactive ketones (excluding diaryl/α,β-unsaturated/α-hetero) is 1. The second-order valence-electron chi connectivity index (χ2n) is 3.95. The van der Waals surface area contributed by atoms with Crippen LogP contribution in [0.5, 0.6) is 0 Å². The fraction of sp³-hybridized carbons (Fsp3) is 0.462. The Morgan fingerprint density at radius 1 is 1.50 bits per heavy atom. The summed E-state index contributed by atoms with van der Waals surface area (Å²) in [6.07, 6.45) is 6.26. The number of pyridine rings is 1. The molecule has 5 heteroatoms. The van der Waals surface area contributed by atoms with Gasteiger partial charge in [-0.1, -0.05) is 0 Å². The molecule has 0 aromatic carbocycles. The van der Waals surface area contributed by atoms with E-state index in [2.05, 4.69) is 10.3 Å². The van der Waals surface area contributed by atoms with E-state index in [-0.39, 0.29) is 16.9 Å². The lowest BCUT2D eigenvalue weighted by Gasteiger charge is -2.07. The Morgan fingerprint density at radius 3 is 2.89 bits per heavy atom. The number of amides is 1. The lowest BCUT2D eigenvalue weighted by Crippen LogP contribution is -2.25. The summed E-state index contributed by atoms with van der Waals surface area (Å²) in [6.45, 7) is 2.42. The molecule has 1 aromatic rings. The van der Waals surface area contributed by atoms with Crippen LogP contribution in [0, 0.1) is 0 Å². The van der Waals surface area contributed by atoms with Gasteiger partial charge in [0.05, 0.1) is 10.8 Å². The Kier molecular flexibility index (Phi) is 6.43. The Bertz CT molecular complexity index is 395. The van der Waals surface area contributed by atoms with Crippen molar-refractivity contribution in [3.63, 3.8) is 0 Å². The molecule has 1 N–H and O–H groups in total. The van der Waals surface area contributed by atoms with Crippen molar-refractivity contribution in [2.45, 2.75) is 25.0 Å². The number of nitrogens with zero attached hydrogens (tertiary/aromatic N) is 1. The molecule has 1 aromatic heterocycles. The number of thioether (sulfide) groups is 1. The average Bonchev–Trinajstić information content (AvgIpc) is 2.43. The zero-order valence-corrected chi connectivity index (χ0v) is 11.5. The number of nitrogens with one attached hydrogen (secondary N) is 1. The van der Waals surface area contributed by atoms with Crippen LogP contribution >= 0.6 is 11.8 Å². The third-order valence-electron chi connectivity index (χ3n) is 2.62. The number of rotatable bonds is 7. The molecule has 0 radical (unpaired) electrons. The van der Waals surface area contributed by atoms with Crippen molar-refractivity contribution in [1.29, 1.82) is 0 Å². The fourth-order valence-corrected chi connectivity index (χ4v) is 1.78. The zero-order valence-electron chi connectivity index (χ0n) is 10.7. The van der Waals surface area contributed by atoms with Gasteiger partial charge in [0, 0.05) is 25.4 Å². The van der Waals surface area contributed by atoms with E-state index >= 15 is 0 Å². The lowest BCUT2D eigenvalue weighted by molar-refractivity contribution is -0.118. The van der Waals surface area contributed by atoms with Crippen LogP contribution < -0.4 is 5.32 Å². The maximum atomic E-state index is 11.6. The van der Waals surface area contributed by atoms with E-state index in [4.69, 9.17) is 0 Å². The fourth-order valence-electron chi connectivity index (χ4n) is 1.40. The van der Waals surface area contributed by atoms with Gasteiger partial charge in [-0.05, 0) is 31.7 Å². The van der Waals surface area contributed by atoms with Gasteiger partial charge >= 0.3 is 0 Å². The number of ketones is 1. The largest absolute Gasteiger partial charge is 0.352 e. The third kappa shape index (κ3) is 4.87. The van der Waals surface area contributed by atoms with E-state index in [0.717, 1.165) is 0 Å². The van der Waals surface area contributed by atoms with Gasteiger partial charge in [-0.15, -0.1) is 0 Å². The first kappa shape index (κ1) is 14.7. The van der Waals surface area contributed by atoms with Crippen molar-refractivity contribution in [1.82, 2.24) is 10.3 Å². The summed E-state index contributed by atoms with van der Waals surface area (Å²) in [5, 5.41) is 2.81. The van der Waals surface area contributed by atoms with Gasteiger partial charge in [-0.2, -0.15) is 11.8 Å². The molecule has 0 aliphatic rings. The van der Waals surface area contributed by atoms with Crippen molar-refractivity contribution in [3.8, 4) is 0 Å². The SMILES string of the molecule is CSC(C)C(=O)CCCNC(=O)c1cccnc1. The molecule has 4 nitrogen and oxygen atoms in total. The number of aromatic nitrogens is 1. The molecule has 98 valence electrons. The Morgan fingerprint density at radius 2 is 2.28 bits per heavy atom. The minimum absolute atomic E-state index is 0.0408. The maximum absolute atomic E-state index is 11.6. The van der Waals surface area contributed by atoms with Crippen molar-refractivity contribution in [3.05, 3.63) is 30.1 Å². The molecule has 1 heterocycles. The van der Waals surface area contributed by atoms with E-state index in [0.29, 0.717) is 24.9 Å². The first-order valence-corrected chi connectivity index (χ1v) is 7.17. The summed E-state index contributed by atoms with van der Waals surface area (Å²) < 4.78 is 0. The molecule has 0 fully saturated rings. The van der Waals surface area contributed by atoms with E-state index in [1.54, 1.807) is 30.1 Å². The maximum Gasteiger partial charge on any atom is 0.252 e. The van der Waals surface area contributed by atoms with Crippen molar-refractivity contribution < 1.29 is 9.59 Å². The third-order valence-corrected chi connectivity index (χ3v) is 3.59. The molecule has 0 spiro atoms. The van der Waals surface area contributed by atoms with Crippen LogP contribution in [-0.4, -0.2) is 34.7 Å². The molecule has 0 aliphatic carbocycles. The van der Waals surface area contributed by atoms with Crippen molar-refractivity contribution >= 4 is 23.5 Å². The molecule has 0 saturated carbocycles. The lowest BCUT2D eigenvalue weighted by atomic mass is 10.2. The summed E-state index contributed by atoms with van der Waals surface area (Å²) in [5.41, 5.74) is 0.543. The summed E-state index contributed by atoms with van der Waals surface area (Å²) >= 11 is 1.55. The minimum Gasteiger partial charge on any atom is -0.352 e. The molecule has 1 rings (SSSR count). The predicted molar refractivity (Wildman–Crippen MR) is 73.8 cm³/mol. The van der Waals surface area contributed by atoms with E-state index < -0.39 is 0 Å². The first-order valence-electron chi connectivity index (χ1n) is 5.89. The van der Waals surface area contributed by atoms with Gasteiger partial charge in [0.2, 0.25) is 0 Å². The normalized spacial score (nSPS) is 11.9. The van der Waals surface area contributed by atoms with Gasteiger partial charge in [0.15, 0.2) is 0 Å². The van der Waals surface area contributed by atoms with E-state index in [1.165, 1.54) is 6.20 Å². The van der Waals surface area contributed by atoms with Crippen molar-refractivity contribution in [2.75, 3.05) is 12.8 Å². The molecular weight excluding hydrogens is 248 g/mol. The molecule has 18 heavy (non-hydrogen) atoms. The monoisotopic (exact) mass is 266 g/mol. The summed E-state index contributed by atoms with van der Waals surface area (Å²) in [5.74, 6) is 0.0894. The number of hydrogen-bond acceptors (Lipinski definition) is 4. The molecule has 0 bridgehead atoms. The average molecular weight is 266 g/mol. The van der Waals surface area contributed by atoms with Crippen LogP contribution in [0.1, 0.15) is 30.1 Å². The number of carbonyl (C=O) groups excluding carboxylic acids is 2. The zero-order chi connectivity index (χ0) is 13.4. The summed E-state index contributed by atoms with van der Waals surface area (Å²) in [6, 6.07) is 3.43. The highest BCUT2D eigenvalue weighted by Gasteiger charge is 2.10. The summed E-state index contributed by atoms with van der Waals surface area (Å²) in [7, 11) is 0. The van der Waals surface area contributed by atoms with Gasteiger partial charge in [0.25, 0.3) is 5.91 Å².